The smallest absolute Gasteiger partial charge is 0.350 e. The van der Waals surface area contributed by atoms with Gasteiger partial charge in [-0.25, -0.2) is 4.98 Å². The molecule has 0 radical (unpaired) electrons. The molecule has 2 amide bonds. The molecule has 2 heterocycles. The first kappa shape index (κ1) is 24.5. The number of rotatable bonds is 6. The largest absolute Gasteiger partial charge is 0.417 e. The van der Waals surface area contributed by atoms with E-state index in [4.69, 9.17) is 11.6 Å². The molecule has 2 aromatic heterocycles. The van der Waals surface area contributed by atoms with E-state index in [1.54, 1.807) is 33.8 Å². The van der Waals surface area contributed by atoms with Gasteiger partial charge in [-0.3, -0.25) is 9.59 Å². The standard InChI is InChI=1S/C19H21ClF3N3O2S2/c1-10-7-13(26-17(28)18(2,3)4)30-14(10)15(27)24-5-6-29-16-12(20)8-11(9-25-16)19(21,22)23/h7-9H,5-6H2,1-4H3,(H,24,27)(H,26,28). The Kier molecular flexibility index (Phi) is 7.81. The number of carbonyl (C=O) groups is 2. The van der Waals surface area contributed by atoms with E-state index in [-0.39, 0.29) is 28.4 Å². The topological polar surface area (TPSA) is 71.1 Å². The predicted molar refractivity (Wildman–Crippen MR) is 114 cm³/mol. The van der Waals surface area contributed by atoms with Gasteiger partial charge in [0, 0.05) is 23.9 Å². The number of anilines is 1. The molecule has 164 valence electrons. The number of thioether (sulfide) groups is 1. The van der Waals surface area contributed by atoms with Gasteiger partial charge in [0.2, 0.25) is 5.91 Å². The third-order valence-corrected chi connectivity index (χ3v) is 6.36. The molecule has 5 nitrogen and oxygen atoms in total. The fourth-order valence-corrected chi connectivity index (χ4v) is 4.18. The summed E-state index contributed by atoms with van der Waals surface area (Å²) in [6, 6.07) is 2.57. The van der Waals surface area contributed by atoms with Crippen molar-refractivity contribution in [2.24, 2.45) is 5.41 Å². The quantitative estimate of drug-likeness (QED) is 0.416. The monoisotopic (exact) mass is 479 g/mol. The average Bonchev–Trinajstić information content (AvgIpc) is 2.98. The molecule has 2 aromatic rings. The first-order valence-corrected chi connectivity index (χ1v) is 11.0. The molecule has 0 aliphatic carbocycles. The molecule has 0 aliphatic heterocycles. The van der Waals surface area contributed by atoms with E-state index in [2.05, 4.69) is 15.6 Å². The Hall–Kier alpha value is -1.78. The number of thiophene rings is 1. The number of hydrogen-bond acceptors (Lipinski definition) is 5. The molecule has 0 aliphatic rings. The number of nitrogens with one attached hydrogen (secondary N) is 2. The summed E-state index contributed by atoms with van der Waals surface area (Å²) in [5.74, 6) is -0.0594. The van der Waals surface area contributed by atoms with Crippen LogP contribution in [0.5, 0.6) is 0 Å². The number of halogens is 4. The summed E-state index contributed by atoms with van der Waals surface area (Å²) in [5, 5.41) is 6.31. The van der Waals surface area contributed by atoms with Gasteiger partial charge in [0.1, 0.15) is 5.03 Å². The van der Waals surface area contributed by atoms with Crippen LogP contribution in [0.25, 0.3) is 0 Å². The van der Waals surface area contributed by atoms with Crippen LogP contribution in [0.2, 0.25) is 5.02 Å². The van der Waals surface area contributed by atoms with Gasteiger partial charge in [-0.1, -0.05) is 32.4 Å². The maximum Gasteiger partial charge on any atom is 0.417 e. The molecule has 0 unspecified atom stereocenters. The highest BCUT2D eigenvalue weighted by atomic mass is 35.5. The van der Waals surface area contributed by atoms with Crippen molar-refractivity contribution in [3.05, 3.63) is 39.4 Å². The van der Waals surface area contributed by atoms with E-state index >= 15 is 0 Å². The molecule has 11 heteroatoms. The lowest BCUT2D eigenvalue weighted by Crippen LogP contribution is -2.27. The van der Waals surface area contributed by atoms with E-state index in [0.717, 1.165) is 29.6 Å². The van der Waals surface area contributed by atoms with Gasteiger partial charge in [-0.2, -0.15) is 13.2 Å². The van der Waals surface area contributed by atoms with Crippen LogP contribution in [-0.2, 0) is 11.0 Å². The zero-order chi connectivity index (χ0) is 22.7. The summed E-state index contributed by atoms with van der Waals surface area (Å²) in [7, 11) is 0. The fourth-order valence-electron chi connectivity index (χ4n) is 2.15. The Bertz CT molecular complexity index is 940. The number of amides is 2. The molecule has 30 heavy (non-hydrogen) atoms. The highest BCUT2D eigenvalue weighted by molar-refractivity contribution is 7.99. The van der Waals surface area contributed by atoms with Crippen molar-refractivity contribution in [3.63, 3.8) is 0 Å². The molecular formula is C19H21ClF3N3O2S2. The minimum atomic E-state index is -4.50. The van der Waals surface area contributed by atoms with Gasteiger partial charge in [-0.15, -0.1) is 23.1 Å². The van der Waals surface area contributed by atoms with Gasteiger partial charge in [0.25, 0.3) is 5.91 Å². The maximum absolute atomic E-state index is 12.6. The highest BCUT2D eigenvalue weighted by Gasteiger charge is 2.31. The summed E-state index contributed by atoms with van der Waals surface area (Å²) in [4.78, 5) is 28.7. The van der Waals surface area contributed by atoms with Crippen molar-refractivity contribution in [2.75, 3.05) is 17.6 Å². The summed E-state index contributed by atoms with van der Waals surface area (Å²) < 4.78 is 37.9. The first-order chi connectivity index (χ1) is 13.8. The molecule has 0 atom stereocenters. The van der Waals surface area contributed by atoms with Crippen LogP contribution in [0.3, 0.4) is 0 Å². The zero-order valence-corrected chi connectivity index (χ0v) is 19.1. The van der Waals surface area contributed by atoms with Crippen molar-refractivity contribution in [1.29, 1.82) is 0 Å². The van der Waals surface area contributed by atoms with Crippen LogP contribution in [0.1, 0.15) is 41.6 Å². The minimum absolute atomic E-state index is 0.0884. The van der Waals surface area contributed by atoms with Crippen molar-refractivity contribution in [3.8, 4) is 0 Å². The Labute approximate surface area is 185 Å². The normalized spacial score (nSPS) is 12.0. The second-order valence-corrected chi connectivity index (χ2v) is 9.98. The highest BCUT2D eigenvalue weighted by Crippen LogP contribution is 2.33. The van der Waals surface area contributed by atoms with Gasteiger partial charge < -0.3 is 10.6 Å². The van der Waals surface area contributed by atoms with Crippen LogP contribution in [0.4, 0.5) is 18.2 Å². The summed E-state index contributed by atoms with van der Waals surface area (Å²) in [5.41, 5.74) is -0.722. The van der Waals surface area contributed by atoms with Crippen LogP contribution >= 0.6 is 34.7 Å². The molecule has 0 bridgehead atoms. The van der Waals surface area contributed by atoms with E-state index < -0.39 is 17.2 Å². The Morgan fingerprint density at radius 2 is 1.90 bits per heavy atom. The van der Waals surface area contributed by atoms with Crippen molar-refractivity contribution < 1.29 is 22.8 Å². The van der Waals surface area contributed by atoms with Gasteiger partial charge in [-0.05, 0) is 24.6 Å². The SMILES string of the molecule is Cc1cc(NC(=O)C(C)(C)C)sc1C(=O)NCCSc1ncc(C(F)(F)F)cc1Cl. The summed E-state index contributed by atoms with van der Waals surface area (Å²) in [6.45, 7) is 7.44. The summed E-state index contributed by atoms with van der Waals surface area (Å²) >= 11 is 8.19. The predicted octanol–water partition coefficient (Wildman–Crippen LogP) is 5.63. The van der Waals surface area contributed by atoms with Crippen LogP contribution in [0.15, 0.2) is 23.4 Å². The number of nitrogens with zero attached hydrogens (tertiary/aromatic N) is 1. The Balaban J connectivity index is 1.89. The van der Waals surface area contributed by atoms with Gasteiger partial charge in [0.05, 0.1) is 20.5 Å². The average molecular weight is 480 g/mol. The molecule has 0 saturated heterocycles. The molecular weight excluding hydrogens is 459 g/mol. The van der Waals surface area contributed by atoms with Crippen molar-refractivity contribution >= 4 is 51.5 Å². The van der Waals surface area contributed by atoms with E-state index in [0.29, 0.717) is 15.6 Å². The summed E-state index contributed by atoms with van der Waals surface area (Å²) in [6.07, 6.45) is -3.77. The first-order valence-electron chi connectivity index (χ1n) is 8.84. The fraction of sp³-hybridized carbons (Fsp3) is 0.421. The molecule has 2 rings (SSSR count). The molecule has 0 saturated carbocycles. The lowest BCUT2D eigenvalue weighted by atomic mass is 9.96. The Morgan fingerprint density at radius 3 is 2.47 bits per heavy atom. The molecule has 0 fully saturated rings. The molecule has 0 aromatic carbocycles. The number of alkyl halides is 3. The molecule has 0 spiro atoms. The lowest BCUT2D eigenvalue weighted by molar-refractivity contribution is -0.137. The van der Waals surface area contributed by atoms with Gasteiger partial charge >= 0.3 is 6.18 Å². The zero-order valence-electron chi connectivity index (χ0n) is 16.7. The van der Waals surface area contributed by atoms with Crippen LogP contribution < -0.4 is 10.6 Å². The third-order valence-electron chi connectivity index (χ3n) is 3.80. The van der Waals surface area contributed by atoms with E-state index in [9.17, 15) is 22.8 Å². The minimum Gasteiger partial charge on any atom is -0.350 e. The van der Waals surface area contributed by atoms with Gasteiger partial charge in [0.15, 0.2) is 0 Å². The number of hydrogen-bond donors (Lipinski definition) is 2. The van der Waals surface area contributed by atoms with Crippen LogP contribution in [0, 0.1) is 12.3 Å². The second-order valence-electron chi connectivity index (χ2n) is 7.44. The second kappa shape index (κ2) is 9.57. The Morgan fingerprint density at radius 1 is 1.23 bits per heavy atom. The van der Waals surface area contributed by atoms with E-state index in [1.165, 1.54) is 11.3 Å². The number of carbonyl (C=O) groups excluding carboxylic acids is 2. The van der Waals surface area contributed by atoms with Crippen molar-refractivity contribution in [2.45, 2.75) is 38.9 Å². The van der Waals surface area contributed by atoms with Crippen LogP contribution in [-0.4, -0.2) is 29.1 Å². The number of aromatic nitrogens is 1. The number of pyridine rings is 1. The molecule has 2 N–H and O–H groups in total. The maximum atomic E-state index is 12.6. The van der Waals surface area contributed by atoms with Crippen molar-refractivity contribution in [1.82, 2.24) is 10.3 Å². The lowest BCUT2D eigenvalue weighted by Gasteiger charge is -2.16. The number of aryl methyl sites for hydroxylation is 1. The van der Waals surface area contributed by atoms with E-state index in [1.807, 2.05) is 0 Å². The third kappa shape index (κ3) is 6.61.